The number of aromatic amines is 1. The number of Topliss-reactive ketones (excluding diaryl/α,β-unsaturated/α-hetero) is 1. The van der Waals surface area contributed by atoms with Gasteiger partial charge in [-0.05, 0) is 39.1 Å². The third-order valence-electron chi connectivity index (χ3n) is 5.80. The smallest absolute Gasteiger partial charge is 0.217 e. The Morgan fingerprint density at radius 2 is 1.63 bits per heavy atom. The topological polar surface area (TPSA) is 102 Å². The lowest BCUT2D eigenvalue weighted by molar-refractivity contribution is 0.0982. The maximum absolute atomic E-state index is 12.8. The van der Waals surface area contributed by atoms with Gasteiger partial charge >= 0.3 is 0 Å². The van der Waals surface area contributed by atoms with Crippen LogP contribution in [0.3, 0.4) is 0 Å². The first-order valence-corrected chi connectivity index (χ1v) is 11.6. The van der Waals surface area contributed by atoms with Gasteiger partial charge in [-0.3, -0.25) is 4.79 Å². The summed E-state index contributed by atoms with van der Waals surface area (Å²) >= 11 is 0. The van der Waals surface area contributed by atoms with Crippen molar-refractivity contribution in [1.82, 2.24) is 35.4 Å². The van der Waals surface area contributed by atoms with Crippen LogP contribution in [0.1, 0.15) is 40.9 Å². The predicted molar refractivity (Wildman–Crippen MR) is 133 cm³/mol. The van der Waals surface area contributed by atoms with Crippen LogP contribution in [0.5, 0.6) is 0 Å². The number of aryl methyl sites for hydroxylation is 1. The molecule has 3 aromatic carbocycles. The molecule has 5 rings (SSSR count). The van der Waals surface area contributed by atoms with E-state index in [0.29, 0.717) is 18.7 Å². The van der Waals surface area contributed by atoms with Gasteiger partial charge in [-0.25, -0.2) is 14.8 Å². The van der Waals surface area contributed by atoms with E-state index in [1.165, 1.54) is 0 Å². The summed E-state index contributed by atoms with van der Waals surface area (Å²) in [6.07, 6.45) is 1.81. The number of benzene rings is 3. The number of ketones is 1. The highest BCUT2D eigenvalue weighted by atomic mass is 16.1. The van der Waals surface area contributed by atoms with Crippen molar-refractivity contribution in [1.29, 1.82) is 0 Å². The fourth-order valence-electron chi connectivity index (χ4n) is 4.07. The van der Waals surface area contributed by atoms with Crippen molar-refractivity contribution in [3.8, 4) is 22.5 Å². The molecule has 0 radical (unpaired) electrons. The van der Waals surface area contributed by atoms with Gasteiger partial charge in [0.25, 0.3) is 0 Å². The highest BCUT2D eigenvalue weighted by Crippen LogP contribution is 2.30. The molecule has 0 spiro atoms. The average molecular weight is 464 g/mol. The van der Waals surface area contributed by atoms with Crippen LogP contribution >= 0.6 is 0 Å². The van der Waals surface area contributed by atoms with Crippen molar-refractivity contribution in [2.75, 3.05) is 0 Å². The molecule has 0 bridgehead atoms. The Balaban J connectivity index is 1.37. The lowest BCUT2D eigenvalue weighted by Gasteiger charge is -2.09. The summed E-state index contributed by atoms with van der Waals surface area (Å²) in [5.41, 5.74) is 5.10. The van der Waals surface area contributed by atoms with Crippen molar-refractivity contribution in [2.45, 2.75) is 32.7 Å². The Hall–Kier alpha value is -4.46. The van der Waals surface area contributed by atoms with E-state index in [2.05, 4.69) is 68.0 Å². The molecule has 0 aliphatic heterocycles. The maximum Gasteiger partial charge on any atom is 0.217 e. The van der Waals surface area contributed by atoms with Crippen LogP contribution < -0.4 is 0 Å². The van der Waals surface area contributed by atoms with Crippen LogP contribution in [0.15, 0.2) is 78.9 Å². The quantitative estimate of drug-likeness (QED) is 0.322. The summed E-state index contributed by atoms with van der Waals surface area (Å²) in [4.78, 5) is 17.4. The van der Waals surface area contributed by atoms with E-state index >= 15 is 0 Å². The van der Waals surface area contributed by atoms with Gasteiger partial charge in [0, 0.05) is 24.9 Å². The molecular formula is C27H25N7O. The van der Waals surface area contributed by atoms with Gasteiger partial charge in [-0.1, -0.05) is 85.8 Å². The molecule has 2 aromatic heterocycles. The zero-order valence-electron chi connectivity index (χ0n) is 19.4. The van der Waals surface area contributed by atoms with Crippen LogP contribution in [0.25, 0.3) is 22.5 Å². The summed E-state index contributed by atoms with van der Waals surface area (Å²) < 4.78 is 1.86. The minimum absolute atomic E-state index is 0.0684. The number of nitrogens with zero attached hydrogens (tertiary/aromatic N) is 6. The largest absolute Gasteiger partial charge is 0.290 e. The lowest BCUT2D eigenvalue weighted by Crippen LogP contribution is -2.08. The number of carbonyl (C=O) groups is 1. The van der Waals surface area contributed by atoms with Crippen LogP contribution in [-0.2, 0) is 19.4 Å². The third-order valence-corrected chi connectivity index (χ3v) is 5.80. The number of nitrogens with one attached hydrogen (secondary N) is 1. The minimum atomic E-state index is -0.0684. The predicted octanol–water partition coefficient (Wildman–Crippen LogP) is 4.55. The van der Waals surface area contributed by atoms with Crippen molar-refractivity contribution >= 4 is 5.78 Å². The molecule has 1 N–H and O–H groups in total. The van der Waals surface area contributed by atoms with Crippen molar-refractivity contribution in [3.63, 3.8) is 0 Å². The lowest BCUT2D eigenvalue weighted by atomic mass is 9.98. The Labute approximate surface area is 203 Å². The molecular weight excluding hydrogens is 438 g/mol. The molecule has 2 heterocycles. The minimum Gasteiger partial charge on any atom is -0.290 e. The van der Waals surface area contributed by atoms with E-state index in [4.69, 9.17) is 0 Å². The van der Waals surface area contributed by atoms with E-state index < -0.39 is 0 Å². The summed E-state index contributed by atoms with van der Waals surface area (Å²) in [6.45, 7) is 2.81. The second-order valence-corrected chi connectivity index (χ2v) is 8.33. The molecule has 0 saturated heterocycles. The first-order chi connectivity index (χ1) is 17.2. The average Bonchev–Trinajstić information content (AvgIpc) is 3.56. The molecule has 0 aliphatic carbocycles. The van der Waals surface area contributed by atoms with E-state index in [1.807, 2.05) is 53.2 Å². The summed E-state index contributed by atoms with van der Waals surface area (Å²) in [6, 6.07) is 26.0. The Kier molecular flexibility index (Phi) is 6.52. The molecule has 0 amide bonds. The van der Waals surface area contributed by atoms with Crippen molar-refractivity contribution < 1.29 is 4.79 Å². The zero-order chi connectivity index (χ0) is 24.0. The van der Waals surface area contributed by atoms with E-state index in [-0.39, 0.29) is 11.6 Å². The molecule has 0 saturated carbocycles. The second kappa shape index (κ2) is 10.2. The van der Waals surface area contributed by atoms with E-state index in [1.54, 1.807) is 0 Å². The van der Waals surface area contributed by atoms with Gasteiger partial charge in [0.1, 0.15) is 5.82 Å². The number of hydrogen-bond acceptors (Lipinski definition) is 6. The number of hydrogen-bond donors (Lipinski definition) is 1. The first kappa shape index (κ1) is 22.3. The van der Waals surface area contributed by atoms with Gasteiger partial charge in [-0.15, -0.1) is 10.2 Å². The number of tetrazole rings is 1. The Bertz CT molecular complexity index is 1410. The summed E-state index contributed by atoms with van der Waals surface area (Å²) in [5, 5.41) is 18.8. The second-order valence-electron chi connectivity index (χ2n) is 8.33. The Morgan fingerprint density at radius 1 is 0.886 bits per heavy atom. The van der Waals surface area contributed by atoms with Gasteiger partial charge in [0.2, 0.25) is 11.6 Å². The number of rotatable bonds is 9. The van der Waals surface area contributed by atoms with Crippen LogP contribution in [0.2, 0.25) is 0 Å². The van der Waals surface area contributed by atoms with Crippen molar-refractivity contribution in [3.05, 3.63) is 102 Å². The van der Waals surface area contributed by atoms with Crippen LogP contribution in [-0.4, -0.2) is 41.2 Å². The molecule has 8 nitrogen and oxygen atoms in total. The molecule has 174 valence electrons. The molecule has 8 heteroatoms. The monoisotopic (exact) mass is 463 g/mol. The standard InChI is InChI=1S/C27H25N7O/c1-2-16-34-25(28-27(31-34)24(35)17-19-8-4-3-5-9-19)18-20-12-14-21(15-13-20)22-10-6-7-11-23(22)26-29-32-33-30-26/h3-15H,2,16-18H2,1H3,(H,29,30,32,33). The molecule has 0 aliphatic rings. The van der Waals surface area contributed by atoms with Crippen molar-refractivity contribution in [2.24, 2.45) is 0 Å². The van der Waals surface area contributed by atoms with Gasteiger partial charge in [0.05, 0.1) is 0 Å². The number of aromatic nitrogens is 7. The Morgan fingerprint density at radius 3 is 2.34 bits per heavy atom. The molecule has 0 unspecified atom stereocenters. The fourth-order valence-corrected chi connectivity index (χ4v) is 4.07. The highest BCUT2D eigenvalue weighted by molar-refractivity contribution is 5.94. The maximum atomic E-state index is 12.8. The van der Waals surface area contributed by atoms with E-state index in [9.17, 15) is 4.79 Å². The van der Waals surface area contributed by atoms with Gasteiger partial charge in [-0.2, -0.15) is 0 Å². The summed E-state index contributed by atoms with van der Waals surface area (Å²) in [5.74, 6) is 1.64. The SMILES string of the molecule is CCCn1nc(C(=O)Cc2ccccc2)nc1Cc1ccc(-c2ccccc2-c2nnn[nH]2)cc1. The molecule has 35 heavy (non-hydrogen) atoms. The highest BCUT2D eigenvalue weighted by Gasteiger charge is 2.17. The zero-order valence-corrected chi connectivity index (χ0v) is 19.4. The first-order valence-electron chi connectivity index (χ1n) is 11.6. The fraction of sp³-hybridized carbons (Fsp3) is 0.185. The van der Waals surface area contributed by atoms with Gasteiger partial charge < -0.3 is 0 Å². The van der Waals surface area contributed by atoms with Crippen LogP contribution in [0, 0.1) is 0 Å². The molecule has 0 atom stereocenters. The normalized spacial score (nSPS) is 11.0. The summed E-state index contributed by atoms with van der Waals surface area (Å²) in [7, 11) is 0. The molecule has 0 fully saturated rings. The molecule has 5 aromatic rings. The van der Waals surface area contributed by atoms with Crippen LogP contribution in [0.4, 0.5) is 0 Å². The third kappa shape index (κ3) is 5.06. The van der Waals surface area contributed by atoms with Gasteiger partial charge in [0.15, 0.2) is 5.82 Å². The number of carbonyl (C=O) groups excluding carboxylic acids is 1. The number of H-pyrrole nitrogens is 1. The van der Waals surface area contributed by atoms with E-state index in [0.717, 1.165) is 46.6 Å².